The Morgan fingerprint density at radius 2 is 2.11 bits per heavy atom. The van der Waals surface area contributed by atoms with Gasteiger partial charge in [-0.3, -0.25) is 14.9 Å². The van der Waals surface area contributed by atoms with Crippen LogP contribution < -0.4 is 5.32 Å². The molecule has 1 aromatic rings. The molecular weight excluding hydrogens is 250 g/mol. The maximum absolute atomic E-state index is 12.0. The summed E-state index contributed by atoms with van der Waals surface area (Å²) < 4.78 is 0. The lowest BCUT2D eigenvalue weighted by molar-refractivity contribution is -0.144. The topological polar surface area (TPSA) is 62.3 Å². The largest absolute Gasteiger partial charge is 0.335 e. The highest BCUT2D eigenvalue weighted by molar-refractivity contribution is 7.13. The van der Waals surface area contributed by atoms with E-state index < -0.39 is 11.8 Å². The summed E-state index contributed by atoms with van der Waals surface area (Å²) in [5.41, 5.74) is 0. The van der Waals surface area contributed by atoms with E-state index >= 15 is 0 Å². The van der Waals surface area contributed by atoms with Crippen LogP contribution in [0.25, 0.3) is 0 Å². The third-order valence-corrected chi connectivity index (χ3v) is 3.98. The van der Waals surface area contributed by atoms with Crippen LogP contribution in [0.1, 0.15) is 32.1 Å². The second-order valence-corrected chi connectivity index (χ2v) is 5.39. The summed E-state index contributed by atoms with van der Waals surface area (Å²) in [4.78, 5) is 29.2. The van der Waals surface area contributed by atoms with Crippen molar-refractivity contribution in [1.82, 2.24) is 9.88 Å². The van der Waals surface area contributed by atoms with Gasteiger partial charge in [0.05, 0.1) is 0 Å². The van der Waals surface area contributed by atoms with Gasteiger partial charge in [-0.15, -0.1) is 11.3 Å². The number of nitrogens with zero attached hydrogens (tertiary/aromatic N) is 2. The molecule has 98 valence electrons. The van der Waals surface area contributed by atoms with Crippen molar-refractivity contribution in [2.24, 2.45) is 0 Å². The van der Waals surface area contributed by atoms with Crippen LogP contribution in [0, 0.1) is 0 Å². The van der Waals surface area contributed by atoms with Gasteiger partial charge in [-0.2, -0.15) is 0 Å². The molecule has 1 saturated carbocycles. The van der Waals surface area contributed by atoms with E-state index in [0.717, 1.165) is 25.7 Å². The predicted molar refractivity (Wildman–Crippen MR) is 70.4 cm³/mol. The standard InChI is InChI=1S/C12H17N3O2S/c1-15(9-5-3-2-4-6-9)11(17)10(16)14-12-13-7-8-18-12/h7-9H,2-6H2,1H3,(H,13,14,16). The summed E-state index contributed by atoms with van der Waals surface area (Å²) >= 11 is 1.30. The minimum Gasteiger partial charge on any atom is -0.335 e. The monoisotopic (exact) mass is 267 g/mol. The second-order valence-electron chi connectivity index (χ2n) is 4.50. The third kappa shape index (κ3) is 3.07. The lowest BCUT2D eigenvalue weighted by Gasteiger charge is -2.30. The maximum Gasteiger partial charge on any atom is 0.315 e. The summed E-state index contributed by atoms with van der Waals surface area (Å²) in [5, 5.41) is 4.74. The number of nitrogens with one attached hydrogen (secondary N) is 1. The molecule has 0 unspecified atom stereocenters. The first-order valence-corrected chi connectivity index (χ1v) is 7.04. The molecule has 0 spiro atoms. The molecule has 0 aliphatic heterocycles. The second kappa shape index (κ2) is 5.95. The number of carbonyl (C=O) groups excluding carboxylic acids is 2. The van der Waals surface area contributed by atoms with Gasteiger partial charge >= 0.3 is 11.8 Å². The predicted octanol–water partition coefficient (Wildman–Crippen LogP) is 1.87. The van der Waals surface area contributed by atoms with Crippen molar-refractivity contribution < 1.29 is 9.59 Å². The number of aromatic nitrogens is 1. The summed E-state index contributed by atoms with van der Waals surface area (Å²) in [6.07, 6.45) is 7.08. The molecule has 0 atom stereocenters. The maximum atomic E-state index is 12.0. The van der Waals surface area contributed by atoms with Gasteiger partial charge in [-0.05, 0) is 12.8 Å². The van der Waals surface area contributed by atoms with E-state index in [4.69, 9.17) is 0 Å². The van der Waals surface area contributed by atoms with Gasteiger partial charge < -0.3 is 4.90 Å². The van der Waals surface area contributed by atoms with E-state index in [1.807, 2.05) is 0 Å². The fourth-order valence-electron chi connectivity index (χ4n) is 2.23. The highest BCUT2D eigenvalue weighted by Crippen LogP contribution is 2.21. The van der Waals surface area contributed by atoms with Gasteiger partial charge in [-0.1, -0.05) is 19.3 Å². The smallest absolute Gasteiger partial charge is 0.315 e. The SMILES string of the molecule is CN(C(=O)C(=O)Nc1nccs1)C1CCCCC1. The molecule has 1 N–H and O–H groups in total. The van der Waals surface area contributed by atoms with Crippen molar-refractivity contribution in [3.8, 4) is 0 Å². The Labute approximate surface area is 110 Å². The summed E-state index contributed by atoms with van der Waals surface area (Å²) in [5.74, 6) is -1.07. The number of anilines is 1. The van der Waals surface area contributed by atoms with Crippen LogP contribution in [0.2, 0.25) is 0 Å². The lowest BCUT2D eigenvalue weighted by atomic mass is 9.94. The zero-order chi connectivity index (χ0) is 13.0. The average Bonchev–Trinajstić information content (AvgIpc) is 2.91. The van der Waals surface area contributed by atoms with Crippen LogP contribution in [0.4, 0.5) is 5.13 Å². The van der Waals surface area contributed by atoms with Crippen molar-refractivity contribution >= 4 is 28.3 Å². The Hall–Kier alpha value is -1.43. The normalized spacial score (nSPS) is 16.3. The molecule has 2 rings (SSSR count). The summed E-state index contributed by atoms with van der Waals surface area (Å²) in [7, 11) is 1.71. The molecule has 1 aliphatic rings. The van der Waals surface area contributed by atoms with E-state index in [1.165, 1.54) is 17.8 Å². The highest BCUT2D eigenvalue weighted by Gasteiger charge is 2.26. The molecule has 1 fully saturated rings. The summed E-state index contributed by atoms with van der Waals surface area (Å²) in [6, 6.07) is 0.202. The van der Waals surface area contributed by atoms with Crippen molar-refractivity contribution in [3.05, 3.63) is 11.6 Å². The summed E-state index contributed by atoms with van der Waals surface area (Å²) in [6.45, 7) is 0. The van der Waals surface area contributed by atoms with Crippen LogP contribution in [-0.2, 0) is 9.59 Å². The molecule has 18 heavy (non-hydrogen) atoms. The van der Waals surface area contributed by atoms with Crippen LogP contribution in [0.3, 0.4) is 0 Å². The van der Waals surface area contributed by atoms with Gasteiger partial charge in [-0.25, -0.2) is 4.98 Å². The van der Waals surface area contributed by atoms with E-state index in [-0.39, 0.29) is 6.04 Å². The Morgan fingerprint density at radius 1 is 1.39 bits per heavy atom. The van der Waals surface area contributed by atoms with E-state index in [9.17, 15) is 9.59 Å². The Kier molecular flexibility index (Phi) is 4.30. The zero-order valence-electron chi connectivity index (χ0n) is 10.4. The number of amides is 2. The lowest BCUT2D eigenvalue weighted by Crippen LogP contribution is -2.44. The number of likely N-dealkylation sites (N-methyl/N-ethyl adjacent to an activating group) is 1. The molecule has 5 nitrogen and oxygen atoms in total. The molecule has 1 aromatic heterocycles. The van der Waals surface area contributed by atoms with Crippen LogP contribution >= 0.6 is 11.3 Å². The highest BCUT2D eigenvalue weighted by atomic mass is 32.1. The quantitative estimate of drug-likeness (QED) is 0.832. The number of rotatable bonds is 2. The van der Waals surface area contributed by atoms with Crippen LogP contribution in [0.15, 0.2) is 11.6 Å². The first kappa shape index (κ1) is 13.0. The van der Waals surface area contributed by atoms with Gasteiger partial charge in [0.25, 0.3) is 0 Å². The van der Waals surface area contributed by atoms with Crippen molar-refractivity contribution in [3.63, 3.8) is 0 Å². The van der Waals surface area contributed by atoms with Gasteiger partial charge in [0.1, 0.15) is 0 Å². The van der Waals surface area contributed by atoms with Gasteiger partial charge in [0, 0.05) is 24.7 Å². The Morgan fingerprint density at radius 3 is 2.72 bits per heavy atom. The van der Waals surface area contributed by atoms with E-state index in [2.05, 4.69) is 10.3 Å². The van der Waals surface area contributed by atoms with Crippen LogP contribution in [-0.4, -0.2) is 34.8 Å². The minimum atomic E-state index is -0.599. The molecule has 6 heteroatoms. The zero-order valence-corrected chi connectivity index (χ0v) is 11.2. The number of hydrogen-bond donors (Lipinski definition) is 1. The molecule has 1 aliphatic carbocycles. The fraction of sp³-hybridized carbons (Fsp3) is 0.583. The van der Waals surface area contributed by atoms with E-state index in [0.29, 0.717) is 5.13 Å². The molecule has 0 radical (unpaired) electrons. The Bertz CT molecular complexity index is 413. The molecular formula is C12H17N3O2S. The first-order valence-electron chi connectivity index (χ1n) is 6.16. The fourth-order valence-corrected chi connectivity index (χ4v) is 2.75. The van der Waals surface area contributed by atoms with Crippen molar-refractivity contribution in [1.29, 1.82) is 0 Å². The number of thiazole rings is 1. The van der Waals surface area contributed by atoms with Crippen LogP contribution in [0.5, 0.6) is 0 Å². The van der Waals surface area contributed by atoms with Gasteiger partial charge in [0.2, 0.25) is 0 Å². The average molecular weight is 267 g/mol. The number of carbonyl (C=O) groups is 2. The molecule has 1 heterocycles. The minimum absolute atomic E-state index is 0.202. The molecule has 2 amide bonds. The van der Waals surface area contributed by atoms with Gasteiger partial charge in [0.15, 0.2) is 5.13 Å². The third-order valence-electron chi connectivity index (χ3n) is 3.29. The van der Waals surface area contributed by atoms with Crippen molar-refractivity contribution in [2.45, 2.75) is 38.1 Å². The van der Waals surface area contributed by atoms with Crippen molar-refractivity contribution in [2.75, 3.05) is 12.4 Å². The number of hydrogen-bond acceptors (Lipinski definition) is 4. The molecule has 0 aromatic carbocycles. The molecule has 0 saturated heterocycles. The van der Waals surface area contributed by atoms with E-state index in [1.54, 1.807) is 23.5 Å². The molecule has 0 bridgehead atoms. The Balaban J connectivity index is 1.91. The first-order chi connectivity index (χ1) is 8.68.